The molecule has 2 heterocycles. The lowest BCUT2D eigenvalue weighted by atomic mass is 9.94. The van der Waals surface area contributed by atoms with Crippen molar-refractivity contribution >= 4 is 45.6 Å². The minimum Gasteiger partial charge on any atom is -0.351 e. The summed E-state index contributed by atoms with van der Waals surface area (Å²) in [6.45, 7) is 2.76. The SMILES string of the molecule is Cl.O=C(CC1CCNCC1)NCc1cc(Br)cs1. The first-order valence-electron chi connectivity index (χ1n) is 5.94. The van der Waals surface area contributed by atoms with Crippen LogP contribution in [-0.4, -0.2) is 19.0 Å². The van der Waals surface area contributed by atoms with Crippen molar-refractivity contribution < 1.29 is 4.79 Å². The van der Waals surface area contributed by atoms with Gasteiger partial charge in [0, 0.05) is 21.2 Å². The highest BCUT2D eigenvalue weighted by Gasteiger charge is 2.16. The summed E-state index contributed by atoms with van der Waals surface area (Å²) in [7, 11) is 0. The molecule has 1 aromatic rings. The van der Waals surface area contributed by atoms with Gasteiger partial charge in [-0.2, -0.15) is 0 Å². The Morgan fingerprint density at radius 3 is 2.83 bits per heavy atom. The number of carbonyl (C=O) groups excluding carboxylic acids is 1. The van der Waals surface area contributed by atoms with Crippen LogP contribution >= 0.6 is 39.7 Å². The lowest BCUT2D eigenvalue weighted by Gasteiger charge is -2.21. The fourth-order valence-corrected chi connectivity index (χ4v) is 3.44. The maximum Gasteiger partial charge on any atom is 0.220 e. The Kier molecular flexibility index (Phi) is 7.22. The first-order chi connectivity index (χ1) is 8.24. The van der Waals surface area contributed by atoms with E-state index in [0.29, 0.717) is 18.9 Å². The molecule has 0 radical (unpaired) electrons. The van der Waals surface area contributed by atoms with Gasteiger partial charge in [0.05, 0.1) is 6.54 Å². The van der Waals surface area contributed by atoms with Crippen molar-refractivity contribution in [1.29, 1.82) is 0 Å². The van der Waals surface area contributed by atoms with E-state index < -0.39 is 0 Å². The number of halogens is 2. The van der Waals surface area contributed by atoms with Crippen LogP contribution in [0, 0.1) is 5.92 Å². The summed E-state index contributed by atoms with van der Waals surface area (Å²) in [6, 6.07) is 2.05. The number of piperidine rings is 1. The second-order valence-corrected chi connectivity index (χ2v) is 6.32. The van der Waals surface area contributed by atoms with Crippen molar-refractivity contribution in [3.8, 4) is 0 Å². The average Bonchev–Trinajstić information content (AvgIpc) is 2.74. The van der Waals surface area contributed by atoms with Crippen LogP contribution in [0.4, 0.5) is 0 Å². The fourth-order valence-electron chi connectivity index (χ4n) is 2.05. The van der Waals surface area contributed by atoms with E-state index in [2.05, 4.69) is 32.6 Å². The Balaban J connectivity index is 0.00000162. The first kappa shape index (κ1) is 16.0. The van der Waals surface area contributed by atoms with Crippen molar-refractivity contribution in [2.45, 2.75) is 25.8 Å². The molecule has 0 bridgehead atoms. The van der Waals surface area contributed by atoms with E-state index in [1.165, 1.54) is 4.88 Å². The Morgan fingerprint density at radius 1 is 1.50 bits per heavy atom. The molecule has 0 aromatic carbocycles. The zero-order chi connectivity index (χ0) is 12.1. The van der Waals surface area contributed by atoms with Crippen LogP contribution in [0.1, 0.15) is 24.1 Å². The minimum absolute atomic E-state index is 0. The van der Waals surface area contributed by atoms with Crippen LogP contribution in [0.2, 0.25) is 0 Å². The van der Waals surface area contributed by atoms with Crippen LogP contribution in [0.15, 0.2) is 15.9 Å². The molecule has 18 heavy (non-hydrogen) atoms. The van der Waals surface area contributed by atoms with Gasteiger partial charge in [-0.15, -0.1) is 23.7 Å². The zero-order valence-corrected chi connectivity index (χ0v) is 13.3. The quantitative estimate of drug-likeness (QED) is 0.874. The summed E-state index contributed by atoms with van der Waals surface area (Å²) in [5, 5.41) is 8.34. The molecule has 2 rings (SSSR count). The molecule has 6 heteroatoms. The number of carbonyl (C=O) groups is 1. The van der Waals surface area contributed by atoms with Crippen molar-refractivity contribution in [3.63, 3.8) is 0 Å². The van der Waals surface area contributed by atoms with E-state index in [1.54, 1.807) is 11.3 Å². The Labute approximate surface area is 126 Å². The molecular weight excluding hydrogens is 336 g/mol. The van der Waals surface area contributed by atoms with Crippen LogP contribution in [0.3, 0.4) is 0 Å². The van der Waals surface area contributed by atoms with Crippen LogP contribution in [-0.2, 0) is 11.3 Å². The minimum atomic E-state index is 0. The molecule has 1 saturated heterocycles. The van der Waals surface area contributed by atoms with Crippen LogP contribution < -0.4 is 10.6 Å². The second kappa shape index (κ2) is 8.15. The van der Waals surface area contributed by atoms with Gasteiger partial charge in [0.15, 0.2) is 0 Å². The predicted molar refractivity (Wildman–Crippen MR) is 81.3 cm³/mol. The number of nitrogens with one attached hydrogen (secondary N) is 2. The Hall–Kier alpha value is -0.100. The van der Waals surface area contributed by atoms with Gasteiger partial charge in [-0.1, -0.05) is 0 Å². The number of amides is 1. The van der Waals surface area contributed by atoms with Crippen molar-refractivity contribution in [1.82, 2.24) is 10.6 Å². The van der Waals surface area contributed by atoms with Gasteiger partial charge in [0.1, 0.15) is 0 Å². The van der Waals surface area contributed by atoms with E-state index in [4.69, 9.17) is 0 Å². The number of rotatable bonds is 4. The highest BCUT2D eigenvalue weighted by atomic mass is 79.9. The lowest BCUT2D eigenvalue weighted by molar-refractivity contribution is -0.122. The highest BCUT2D eigenvalue weighted by Crippen LogP contribution is 2.20. The molecule has 0 saturated carbocycles. The Bertz CT molecular complexity index is 380. The highest BCUT2D eigenvalue weighted by molar-refractivity contribution is 9.10. The molecule has 1 aliphatic rings. The molecule has 1 fully saturated rings. The molecule has 0 aliphatic carbocycles. The summed E-state index contributed by atoms with van der Waals surface area (Å²) in [6.07, 6.45) is 2.92. The van der Waals surface area contributed by atoms with E-state index in [9.17, 15) is 4.79 Å². The van der Waals surface area contributed by atoms with E-state index in [-0.39, 0.29) is 18.3 Å². The number of hydrogen-bond acceptors (Lipinski definition) is 3. The summed E-state index contributed by atoms with van der Waals surface area (Å²) in [5.41, 5.74) is 0. The molecule has 102 valence electrons. The smallest absolute Gasteiger partial charge is 0.220 e. The van der Waals surface area contributed by atoms with E-state index >= 15 is 0 Å². The fraction of sp³-hybridized carbons (Fsp3) is 0.583. The third-order valence-electron chi connectivity index (χ3n) is 3.01. The molecule has 2 N–H and O–H groups in total. The largest absolute Gasteiger partial charge is 0.351 e. The Morgan fingerprint density at radius 2 is 2.22 bits per heavy atom. The van der Waals surface area contributed by atoms with Gasteiger partial charge in [0.25, 0.3) is 0 Å². The van der Waals surface area contributed by atoms with Crippen molar-refractivity contribution in [2.24, 2.45) is 5.92 Å². The molecule has 0 spiro atoms. The first-order valence-corrected chi connectivity index (χ1v) is 7.61. The summed E-state index contributed by atoms with van der Waals surface area (Å²) in [4.78, 5) is 12.9. The van der Waals surface area contributed by atoms with E-state index in [1.807, 2.05) is 5.38 Å². The average molecular weight is 354 g/mol. The van der Waals surface area contributed by atoms with Gasteiger partial charge in [0.2, 0.25) is 5.91 Å². The molecule has 0 unspecified atom stereocenters. The standard InChI is InChI=1S/C12H17BrN2OS.ClH/c13-10-6-11(17-8-10)7-15-12(16)5-9-1-3-14-4-2-9;/h6,8-9,14H,1-5,7H2,(H,15,16);1H. The summed E-state index contributed by atoms with van der Waals surface area (Å²) in [5.74, 6) is 0.743. The molecule has 3 nitrogen and oxygen atoms in total. The monoisotopic (exact) mass is 352 g/mol. The third-order valence-corrected chi connectivity index (χ3v) is 4.71. The van der Waals surface area contributed by atoms with E-state index in [0.717, 1.165) is 30.4 Å². The summed E-state index contributed by atoms with van der Waals surface area (Å²) >= 11 is 5.08. The van der Waals surface area contributed by atoms with Gasteiger partial charge in [-0.3, -0.25) is 4.79 Å². The number of hydrogen-bond donors (Lipinski definition) is 2. The van der Waals surface area contributed by atoms with Gasteiger partial charge in [-0.25, -0.2) is 0 Å². The molecule has 1 aromatic heterocycles. The van der Waals surface area contributed by atoms with Crippen LogP contribution in [0.5, 0.6) is 0 Å². The van der Waals surface area contributed by atoms with Crippen molar-refractivity contribution in [3.05, 3.63) is 20.8 Å². The second-order valence-electron chi connectivity index (χ2n) is 4.41. The van der Waals surface area contributed by atoms with Gasteiger partial charge >= 0.3 is 0 Å². The molecule has 1 amide bonds. The zero-order valence-electron chi connectivity index (χ0n) is 10.1. The topological polar surface area (TPSA) is 41.1 Å². The lowest BCUT2D eigenvalue weighted by Crippen LogP contribution is -2.32. The molecule has 0 atom stereocenters. The summed E-state index contributed by atoms with van der Waals surface area (Å²) < 4.78 is 1.09. The third kappa shape index (κ3) is 5.26. The molecule has 1 aliphatic heterocycles. The van der Waals surface area contributed by atoms with Gasteiger partial charge < -0.3 is 10.6 Å². The maximum absolute atomic E-state index is 11.8. The number of thiophene rings is 1. The maximum atomic E-state index is 11.8. The van der Waals surface area contributed by atoms with Gasteiger partial charge in [-0.05, 0) is 53.8 Å². The normalized spacial score (nSPS) is 16.1. The molecular formula is C12H18BrClN2OS. The van der Waals surface area contributed by atoms with Crippen LogP contribution in [0.25, 0.3) is 0 Å². The van der Waals surface area contributed by atoms with Crippen molar-refractivity contribution in [2.75, 3.05) is 13.1 Å². The predicted octanol–water partition coefficient (Wildman–Crippen LogP) is 2.94.